The largest absolute Gasteiger partial charge is 0.478 e. The van der Waals surface area contributed by atoms with Crippen LogP contribution in [-0.2, 0) is 4.79 Å². The molecule has 1 amide bonds. The molecular formula is C17H12ClNO3. The lowest BCUT2D eigenvalue weighted by atomic mass is 10.0. The van der Waals surface area contributed by atoms with E-state index in [9.17, 15) is 9.59 Å². The number of hydrogen-bond donors (Lipinski definition) is 2. The van der Waals surface area contributed by atoms with E-state index in [0.717, 1.165) is 5.56 Å². The number of benzene rings is 2. The number of anilines is 1. The van der Waals surface area contributed by atoms with E-state index in [1.165, 1.54) is 12.1 Å². The maximum atomic E-state index is 12.2. The Bertz CT molecular complexity index is 822. The van der Waals surface area contributed by atoms with E-state index in [4.69, 9.17) is 16.7 Å². The van der Waals surface area contributed by atoms with Crippen LogP contribution in [0.2, 0.25) is 0 Å². The summed E-state index contributed by atoms with van der Waals surface area (Å²) in [6.07, 6.45) is 0. The van der Waals surface area contributed by atoms with Crippen molar-refractivity contribution in [2.75, 3.05) is 5.32 Å². The zero-order valence-corrected chi connectivity index (χ0v) is 12.4. The predicted octanol–water partition coefficient (Wildman–Crippen LogP) is 3.75. The third-order valence-electron chi connectivity index (χ3n) is 3.54. The molecule has 5 heteroatoms. The number of hydrogen-bond acceptors (Lipinski definition) is 2. The van der Waals surface area contributed by atoms with Crippen molar-refractivity contribution in [2.24, 2.45) is 0 Å². The highest BCUT2D eigenvalue weighted by atomic mass is 35.5. The fourth-order valence-corrected chi connectivity index (χ4v) is 2.68. The van der Waals surface area contributed by atoms with Crippen LogP contribution >= 0.6 is 11.6 Å². The number of fused-ring (bicyclic) bond motifs is 1. The Hall–Kier alpha value is -2.59. The Labute approximate surface area is 132 Å². The molecule has 0 aromatic heterocycles. The number of amides is 1. The van der Waals surface area contributed by atoms with Gasteiger partial charge in [-0.25, -0.2) is 4.79 Å². The third kappa shape index (κ3) is 2.38. The average molecular weight is 314 g/mol. The highest BCUT2D eigenvalue weighted by molar-refractivity contribution is 6.59. The van der Waals surface area contributed by atoms with Gasteiger partial charge in [0.2, 0.25) is 0 Å². The van der Waals surface area contributed by atoms with Gasteiger partial charge in [0.15, 0.2) is 0 Å². The first-order valence-electron chi connectivity index (χ1n) is 6.63. The summed E-state index contributed by atoms with van der Waals surface area (Å²) in [6.45, 7) is 1.96. The SMILES string of the molecule is Cc1ccc(/C(Cl)=C2/C(=O)Nc3ccc(C(=O)O)cc32)cc1. The normalized spacial score (nSPS) is 15.3. The predicted molar refractivity (Wildman–Crippen MR) is 85.9 cm³/mol. The first kappa shape index (κ1) is 14.4. The number of carbonyl (C=O) groups excluding carboxylic acids is 1. The average Bonchev–Trinajstić information content (AvgIpc) is 2.82. The minimum absolute atomic E-state index is 0.112. The van der Waals surface area contributed by atoms with Crippen LogP contribution in [0, 0.1) is 6.92 Å². The van der Waals surface area contributed by atoms with Crippen molar-refractivity contribution in [3.63, 3.8) is 0 Å². The number of rotatable bonds is 2. The lowest BCUT2D eigenvalue weighted by molar-refractivity contribution is -0.110. The molecule has 2 aromatic carbocycles. The second kappa shape index (κ2) is 5.31. The molecule has 1 heterocycles. The summed E-state index contributed by atoms with van der Waals surface area (Å²) in [5, 5.41) is 12.1. The minimum atomic E-state index is -1.05. The van der Waals surface area contributed by atoms with E-state index in [-0.39, 0.29) is 11.5 Å². The lowest BCUT2D eigenvalue weighted by Gasteiger charge is -2.05. The molecule has 0 radical (unpaired) electrons. The maximum Gasteiger partial charge on any atom is 0.335 e. The molecule has 1 aliphatic heterocycles. The van der Waals surface area contributed by atoms with Crippen molar-refractivity contribution in [3.8, 4) is 0 Å². The molecule has 0 unspecified atom stereocenters. The van der Waals surface area contributed by atoms with Gasteiger partial charge in [0.05, 0.1) is 16.2 Å². The molecule has 0 saturated heterocycles. The highest BCUT2D eigenvalue weighted by Gasteiger charge is 2.28. The number of aryl methyl sites for hydroxylation is 1. The summed E-state index contributed by atoms with van der Waals surface area (Å²) in [5.74, 6) is -1.38. The lowest BCUT2D eigenvalue weighted by Crippen LogP contribution is -2.04. The molecule has 2 aromatic rings. The highest BCUT2D eigenvalue weighted by Crippen LogP contribution is 2.39. The van der Waals surface area contributed by atoms with Crippen molar-refractivity contribution in [3.05, 3.63) is 64.7 Å². The van der Waals surface area contributed by atoms with E-state index in [2.05, 4.69) is 5.32 Å². The van der Waals surface area contributed by atoms with Crippen LogP contribution in [0.1, 0.15) is 27.0 Å². The van der Waals surface area contributed by atoms with Crippen LogP contribution in [0.25, 0.3) is 10.6 Å². The molecule has 0 bridgehead atoms. The number of aromatic carboxylic acids is 1. The Morgan fingerprint density at radius 2 is 1.73 bits per heavy atom. The summed E-state index contributed by atoms with van der Waals surface area (Å²) in [7, 11) is 0. The van der Waals surface area contributed by atoms with E-state index in [1.54, 1.807) is 6.07 Å². The molecule has 1 aliphatic rings. The van der Waals surface area contributed by atoms with Crippen molar-refractivity contribution in [1.82, 2.24) is 0 Å². The van der Waals surface area contributed by atoms with Crippen LogP contribution in [0.5, 0.6) is 0 Å². The molecule has 0 fully saturated rings. The van der Waals surface area contributed by atoms with Crippen molar-refractivity contribution in [1.29, 1.82) is 0 Å². The zero-order chi connectivity index (χ0) is 15.9. The Morgan fingerprint density at radius 3 is 2.36 bits per heavy atom. The standard InChI is InChI=1S/C17H12ClNO3/c1-9-2-4-10(5-3-9)15(18)14-12-8-11(17(21)22)6-7-13(12)19-16(14)20/h2-8H,1H3,(H,19,20)(H,21,22)/b15-14-. The second-order valence-electron chi connectivity index (χ2n) is 5.07. The van der Waals surface area contributed by atoms with Crippen LogP contribution in [-0.4, -0.2) is 17.0 Å². The number of carboxylic acids is 1. The molecule has 0 aliphatic carbocycles. The Balaban J connectivity index is 2.18. The first-order chi connectivity index (χ1) is 10.5. The summed E-state index contributed by atoms with van der Waals surface area (Å²) >= 11 is 6.39. The van der Waals surface area contributed by atoms with Gasteiger partial charge >= 0.3 is 5.97 Å². The number of carboxylic acid groups (broad SMARTS) is 1. The molecule has 4 nitrogen and oxygen atoms in total. The topological polar surface area (TPSA) is 66.4 Å². The van der Waals surface area contributed by atoms with Gasteiger partial charge in [0.25, 0.3) is 5.91 Å². The summed E-state index contributed by atoms with van der Waals surface area (Å²) in [4.78, 5) is 23.3. The summed E-state index contributed by atoms with van der Waals surface area (Å²) < 4.78 is 0. The molecule has 0 atom stereocenters. The van der Waals surface area contributed by atoms with Crippen LogP contribution in [0.15, 0.2) is 42.5 Å². The second-order valence-corrected chi connectivity index (χ2v) is 5.45. The molecule has 22 heavy (non-hydrogen) atoms. The molecule has 0 spiro atoms. The number of halogens is 1. The fourth-order valence-electron chi connectivity index (χ4n) is 2.36. The monoisotopic (exact) mass is 313 g/mol. The quantitative estimate of drug-likeness (QED) is 0.830. The van der Waals surface area contributed by atoms with Gasteiger partial charge in [0.1, 0.15) is 0 Å². The molecule has 110 valence electrons. The van der Waals surface area contributed by atoms with Crippen LogP contribution in [0.3, 0.4) is 0 Å². The van der Waals surface area contributed by atoms with E-state index >= 15 is 0 Å². The van der Waals surface area contributed by atoms with Gasteiger partial charge in [-0.3, -0.25) is 4.79 Å². The molecular weight excluding hydrogens is 302 g/mol. The summed E-state index contributed by atoms with van der Waals surface area (Å²) in [5.41, 5.74) is 3.28. The number of nitrogens with one attached hydrogen (secondary N) is 1. The van der Waals surface area contributed by atoms with Gasteiger partial charge in [-0.15, -0.1) is 0 Å². The Morgan fingerprint density at radius 1 is 1.09 bits per heavy atom. The first-order valence-corrected chi connectivity index (χ1v) is 7.01. The van der Waals surface area contributed by atoms with E-state index in [0.29, 0.717) is 27.4 Å². The van der Waals surface area contributed by atoms with Gasteiger partial charge in [0, 0.05) is 11.3 Å². The van der Waals surface area contributed by atoms with Gasteiger partial charge in [-0.05, 0) is 30.7 Å². The van der Waals surface area contributed by atoms with Gasteiger partial charge < -0.3 is 10.4 Å². The van der Waals surface area contributed by atoms with E-state index < -0.39 is 5.97 Å². The Kier molecular flexibility index (Phi) is 3.47. The molecule has 3 rings (SSSR count). The molecule has 0 saturated carbocycles. The third-order valence-corrected chi connectivity index (χ3v) is 3.94. The van der Waals surface area contributed by atoms with Gasteiger partial charge in [-0.2, -0.15) is 0 Å². The number of carbonyl (C=O) groups is 2. The van der Waals surface area contributed by atoms with E-state index in [1.807, 2.05) is 31.2 Å². The van der Waals surface area contributed by atoms with Gasteiger partial charge in [-0.1, -0.05) is 41.4 Å². The smallest absolute Gasteiger partial charge is 0.335 e. The van der Waals surface area contributed by atoms with Crippen LogP contribution < -0.4 is 5.32 Å². The van der Waals surface area contributed by atoms with Crippen LogP contribution in [0.4, 0.5) is 5.69 Å². The summed E-state index contributed by atoms with van der Waals surface area (Å²) in [6, 6.07) is 11.9. The van der Waals surface area contributed by atoms with Crippen molar-refractivity contribution in [2.45, 2.75) is 6.92 Å². The maximum absolute atomic E-state index is 12.2. The molecule has 2 N–H and O–H groups in total. The van der Waals surface area contributed by atoms with Crippen molar-refractivity contribution >= 4 is 39.8 Å². The fraction of sp³-hybridized carbons (Fsp3) is 0.0588. The minimum Gasteiger partial charge on any atom is -0.478 e. The van der Waals surface area contributed by atoms with Crippen molar-refractivity contribution < 1.29 is 14.7 Å². The zero-order valence-electron chi connectivity index (χ0n) is 11.7.